The lowest BCUT2D eigenvalue weighted by molar-refractivity contribution is -0.317. The number of nitrogens with one attached hydrogen (secondary N) is 2. The molecule has 15 nitrogen and oxygen atoms in total. The van der Waals surface area contributed by atoms with Crippen LogP contribution in [0, 0.1) is 29.6 Å². The third kappa shape index (κ3) is 10.6. The van der Waals surface area contributed by atoms with Crippen LogP contribution in [0.25, 0.3) is 11.0 Å². The maximum absolute atomic E-state index is 14.5. The summed E-state index contributed by atoms with van der Waals surface area (Å²) in [6.07, 6.45) is -2.29. The van der Waals surface area contributed by atoms with Crippen molar-refractivity contribution >= 4 is 22.8 Å². The molecule has 2 aromatic heterocycles. The number of ether oxygens (including phenoxy) is 5. The number of aromatic amines is 1. The van der Waals surface area contributed by atoms with Crippen molar-refractivity contribution in [2.24, 2.45) is 17.8 Å². The monoisotopic (exact) mass is 813 g/mol. The van der Waals surface area contributed by atoms with Crippen LogP contribution in [-0.4, -0.2) is 154 Å². The van der Waals surface area contributed by atoms with Gasteiger partial charge in [0.05, 0.1) is 52.6 Å². The van der Waals surface area contributed by atoms with Gasteiger partial charge in [0.15, 0.2) is 12.6 Å². The Kier molecular flexibility index (Phi) is 15.1. The topological polar surface area (TPSA) is 188 Å². The van der Waals surface area contributed by atoms with Gasteiger partial charge in [0, 0.05) is 70.4 Å². The van der Waals surface area contributed by atoms with E-state index in [9.17, 15) is 24.9 Å². The number of methoxy groups -OCH3 is 1. The molecule has 15 atom stereocenters. The van der Waals surface area contributed by atoms with Gasteiger partial charge in [-0.15, -0.1) is 0 Å². The highest BCUT2D eigenvalue weighted by Gasteiger charge is 2.51. The number of hydrogen-bond donors (Lipinski definition) is 5. The molecule has 324 valence electrons. The van der Waals surface area contributed by atoms with Crippen LogP contribution >= 0.6 is 0 Å². The SMILES string of the molecule is COC1(C)C[C@H](OC2C(C)C(=O)N[C@H](CC#Cc3c[nH]c4cccnc34)CC(=O)N(C)C[C@H](C)CC(C)(O)[C@H](OC3OC(C)CC(N(C)C)[C@H]3O)[C@H]2C)O[C@@H](C)[C@@H]1O. The van der Waals surface area contributed by atoms with Gasteiger partial charge in [-0.05, 0) is 72.7 Å². The van der Waals surface area contributed by atoms with Gasteiger partial charge in [0.2, 0.25) is 11.8 Å². The highest BCUT2D eigenvalue weighted by molar-refractivity contribution is 5.82. The van der Waals surface area contributed by atoms with Crippen molar-refractivity contribution in [2.75, 3.05) is 34.8 Å². The molecule has 3 saturated heterocycles. The molecule has 0 saturated carbocycles. The first-order valence-electron chi connectivity index (χ1n) is 20.6. The number of fused-ring (bicyclic) bond motifs is 1. The van der Waals surface area contributed by atoms with Crippen molar-refractivity contribution in [1.82, 2.24) is 25.1 Å². The molecule has 0 aliphatic carbocycles. The summed E-state index contributed by atoms with van der Waals surface area (Å²) in [6, 6.07) is 2.84. The van der Waals surface area contributed by atoms with Crippen molar-refractivity contribution in [2.45, 2.75) is 153 Å². The molecule has 3 aliphatic rings. The second-order valence-corrected chi connectivity index (χ2v) is 17.8. The number of hydrogen-bond acceptors (Lipinski definition) is 12. The molecule has 2 aromatic rings. The standard InChI is InChI=1S/C43H67N5O10/c1-24-20-42(6,53)39(58-41-36(50)32(47(8)9)18-25(2)55-41)26(3)37(57-34-21-43(7,54-11)38(51)28(5)56-34)27(4)40(52)46-30(19-33(49)48(10)23-24)15-12-14-29-22-45-31-16-13-17-44-35(29)31/h13,16-17,22,24-28,30,32,34,36-39,41,45,50-51,53H,15,18-21,23H2,1-11H3,(H,46,52)/t24-,25?,26+,27?,28+,30-,32?,34+,36-,37?,38+,39-,41?,42?,43?/m1/s1. The Morgan fingerprint density at radius 2 is 1.81 bits per heavy atom. The molecule has 2 amide bonds. The van der Waals surface area contributed by atoms with Gasteiger partial charge in [0.25, 0.3) is 0 Å². The first-order chi connectivity index (χ1) is 27.2. The highest BCUT2D eigenvalue weighted by atomic mass is 16.7. The Bertz CT molecular complexity index is 1760. The van der Waals surface area contributed by atoms with Crippen LogP contribution < -0.4 is 5.32 Å². The van der Waals surface area contributed by atoms with Crippen LogP contribution in [0.15, 0.2) is 24.5 Å². The van der Waals surface area contributed by atoms with Crippen molar-refractivity contribution in [3.05, 3.63) is 30.1 Å². The average Bonchev–Trinajstić information content (AvgIpc) is 3.57. The summed E-state index contributed by atoms with van der Waals surface area (Å²) in [5.41, 5.74) is -0.271. The van der Waals surface area contributed by atoms with E-state index >= 15 is 0 Å². The summed E-state index contributed by atoms with van der Waals surface area (Å²) < 4.78 is 31.7. The third-order valence-electron chi connectivity index (χ3n) is 12.4. The zero-order valence-corrected chi connectivity index (χ0v) is 36.1. The highest BCUT2D eigenvalue weighted by Crippen LogP contribution is 2.39. The summed E-state index contributed by atoms with van der Waals surface area (Å²) in [7, 11) is 7.02. The number of aromatic nitrogens is 2. The van der Waals surface area contributed by atoms with Crippen LogP contribution in [0.5, 0.6) is 0 Å². The molecule has 3 fully saturated rings. The maximum atomic E-state index is 14.5. The second kappa shape index (κ2) is 19.0. The first-order valence-corrected chi connectivity index (χ1v) is 20.6. The van der Waals surface area contributed by atoms with Crippen LogP contribution in [-0.2, 0) is 33.3 Å². The fourth-order valence-corrected chi connectivity index (χ4v) is 9.07. The van der Waals surface area contributed by atoms with Crippen LogP contribution in [0.1, 0.15) is 86.1 Å². The lowest BCUT2D eigenvalue weighted by Gasteiger charge is -2.49. The summed E-state index contributed by atoms with van der Waals surface area (Å²) in [5, 5.41) is 38.2. The fraction of sp³-hybridized carbons (Fsp3) is 0.744. The van der Waals surface area contributed by atoms with E-state index in [0.29, 0.717) is 18.5 Å². The summed E-state index contributed by atoms with van der Waals surface area (Å²) in [6.45, 7) is 13.0. The lowest BCUT2D eigenvalue weighted by atomic mass is 9.77. The Morgan fingerprint density at radius 1 is 1.09 bits per heavy atom. The molecule has 15 heteroatoms. The van der Waals surface area contributed by atoms with E-state index in [4.69, 9.17) is 23.7 Å². The van der Waals surface area contributed by atoms with Crippen LogP contribution in [0.3, 0.4) is 0 Å². The molecule has 3 aliphatic heterocycles. The Hall–Kier alpha value is -3.17. The molecule has 5 rings (SSSR count). The first kappa shape index (κ1) is 45.9. The minimum absolute atomic E-state index is 0.00116. The molecule has 58 heavy (non-hydrogen) atoms. The minimum atomic E-state index is -1.56. The predicted molar refractivity (Wildman–Crippen MR) is 217 cm³/mol. The molecule has 0 spiro atoms. The number of aliphatic hydroxyl groups excluding tert-OH is 2. The smallest absolute Gasteiger partial charge is 0.225 e. The third-order valence-corrected chi connectivity index (χ3v) is 12.4. The Morgan fingerprint density at radius 3 is 2.50 bits per heavy atom. The summed E-state index contributed by atoms with van der Waals surface area (Å²) in [4.78, 5) is 39.4. The zero-order chi connectivity index (χ0) is 42.7. The molecule has 7 unspecified atom stereocenters. The largest absolute Gasteiger partial charge is 0.387 e. The van der Waals surface area contributed by atoms with Gasteiger partial charge in [-0.2, -0.15) is 0 Å². The van der Waals surface area contributed by atoms with Gasteiger partial charge in [-0.1, -0.05) is 32.6 Å². The van der Waals surface area contributed by atoms with E-state index in [1.807, 2.05) is 51.9 Å². The fourth-order valence-electron chi connectivity index (χ4n) is 9.07. The number of nitrogens with zero attached hydrogens (tertiary/aromatic N) is 3. The van der Waals surface area contributed by atoms with Crippen molar-refractivity contribution in [1.29, 1.82) is 0 Å². The van der Waals surface area contributed by atoms with Crippen LogP contribution in [0.2, 0.25) is 0 Å². The average molecular weight is 814 g/mol. The second-order valence-electron chi connectivity index (χ2n) is 17.8. The number of H-pyrrole nitrogens is 1. The van der Waals surface area contributed by atoms with Crippen molar-refractivity contribution < 1.29 is 48.6 Å². The van der Waals surface area contributed by atoms with Crippen LogP contribution in [0.4, 0.5) is 0 Å². The minimum Gasteiger partial charge on any atom is -0.387 e. The predicted octanol–water partition coefficient (Wildman–Crippen LogP) is 2.80. The zero-order valence-electron chi connectivity index (χ0n) is 36.1. The van der Waals surface area contributed by atoms with E-state index < -0.39 is 78.1 Å². The Labute approximate surface area is 343 Å². The maximum Gasteiger partial charge on any atom is 0.225 e. The molecule has 5 N–H and O–H groups in total. The summed E-state index contributed by atoms with van der Waals surface area (Å²) in [5.74, 6) is 3.98. The van der Waals surface area contributed by atoms with Gasteiger partial charge in [-0.25, -0.2) is 0 Å². The van der Waals surface area contributed by atoms with Gasteiger partial charge in [-0.3, -0.25) is 14.6 Å². The van der Waals surface area contributed by atoms with Gasteiger partial charge < -0.3 is 59.1 Å². The number of aliphatic hydroxyl groups is 3. The molecular formula is C43H67N5O10. The van der Waals surface area contributed by atoms with E-state index in [2.05, 4.69) is 27.1 Å². The molecule has 0 aromatic carbocycles. The molecule has 0 radical (unpaired) electrons. The number of carbonyl (C=O) groups is 2. The number of amides is 2. The number of carbonyl (C=O) groups excluding carboxylic acids is 2. The number of likely N-dealkylation sites (N-methyl/N-ethyl adjacent to an activating group) is 1. The number of rotatable bonds is 7. The van der Waals surface area contributed by atoms with E-state index in [1.165, 1.54) is 7.11 Å². The lowest BCUT2D eigenvalue weighted by Crippen LogP contribution is -2.61. The number of pyridine rings is 1. The quantitative estimate of drug-likeness (QED) is 0.258. The molecular weight excluding hydrogens is 746 g/mol. The Balaban J connectivity index is 1.53. The molecule has 0 bridgehead atoms. The van der Waals surface area contributed by atoms with E-state index in [0.717, 1.165) is 11.0 Å². The summed E-state index contributed by atoms with van der Waals surface area (Å²) >= 11 is 0. The van der Waals surface area contributed by atoms with E-state index in [1.54, 1.807) is 52.0 Å². The van der Waals surface area contributed by atoms with Gasteiger partial charge >= 0.3 is 0 Å². The van der Waals surface area contributed by atoms with Gasteiger partial charge in [0.1, 0.15) is 17.7 Å². The van der Waals surface area contributed by atoms with Crippen molar-refractivity contribution in [3.8, 4) is 11.8 Å². The molecule has 5 heterocycles. The van der Waals surface area contributed by atoms with Crippen molar-refractivity contribution in [3.63, 3.8) is 0 Å². The normalized spacial score (nSPS) is 39.8. The van der Waals surface area contributed by atoms with E-state index in [-0.39, 0.29) is 49.7 Å².